The SMILES string of the molecule is Cc1cc(-c2c(S(=O)(=O)c3cc(C)c(O)c(C)c3-c3ccc(O)c(C)c3)cc(C)c(O)c2C)ccc1O. The van der Waals surface area contributed by atoms with Crippen LogP contribution in [0.2, 0.25) is 0 Å². The second-order valence-corrected chi connectivity index (χ2v) is 11.5. The number of hydrogen-bond acceptors (Lipinski definition) is 6. The standard InChI is InChI=1S/C30H30O6S/c1-15-11-21(7-9-23(15)31)27-19(5)29(33)17(3)13-25(27)37(35,36)26-14-18(4)30(34)20(6)28(26)22-8-10-24(32)16(2)12-22/h7-14,31-34H,1-6H3. The van der Waals surface area contributed by atoms with Crippen molar-refractivity contribution in [3.63, 3.8) is 0 Å². The topological polar surface area (TPSA) is 115 Å². The summed E-state index contributed by atoms with van der Waals surface area (Å²) in [5.41, 5.74) is 4.50. The van der Waals surface area contributed by atoms with E-state index in [2.05, 4.69) is 0 Å². The zero-order valence-corrected chi connectivity index (χ0v) is 22.4. The van der Waals surface area contributed by atoms with Crippen molar-refractivity contribution in [3.05, 3.63) is 81.9 Å². The van der Waals surface area contributed by atoms with E-state index in [1.54, 1.807) is 65.8 Å². The molecule has 0 atom stereocenters. The molecule has 0 aromatic heterocycles. The third-order valence-corrected chi connectivity index (χ3v) is 8.75. The number of aryl methyl sites for hydroxylation is 4. The molecule has 0 saturated heterocycles. The fourth-order valence-electron chi connectivity index (χ4n) is 4.75. The van der Waals surface area contributed by atoms with Gasteiger partial charge in [0, 0.05) is 22.3 Å². The van der Waals surface area contributed by atoms with E-state index >= 15 is 0 Å². The molecule has 0 heterocycles. The molecule has 0 unspecified atom stereocenters. The Kier molecular flexibility index (Phi) is 6.46. The third-order valence-electron chi connectivity index (χ3n) is 6.95. The summed E-state index contributed by atoms with van der Waals surface area (Å²) in [5.74, 6) is 0.146. The van der Waals surface area contributed by atoms with E-state index in [9.17, 15) is 28.8 Å². The van der Waals surface area contributed by atoms with Crippen molar-refractivity contribution >= 4 is 9.84 Å². The lowest BCUT2D eigenvalue weighted by Gasteiger charge is -2.21. The molecule has 0 bridgehead atoms. The van der Waals surface area contributed by atoms with E-state index in [0.717, 1.165) is 0 Å². The first-order valence-electron chi connectivity index (χ1n) is 11.8. The summed E-state index contributed by atoms with van der Waals surface area (Å²) >= 11 is 0. The normalized spacial score (nSPS) is 11.6. The van der Waals surface area contributed by atoms with Crippen LogP contribution in [0.4, 0.5) is 0 Å². The number of phenols is 4. The molecule has 4 aromatic carbocycles. The minimum atomic E-state index is -4.21. The predicted molar refractivity (Wildman–Crippen MR) is 144 cm³/mol. The van der Waals surface area contributed by atoms with E-state index in [1.165, 1.54) is 24.3 Å². The van der Waals surface area contributed by atoms with Gasteiger partial charge >= 0.3 is 0 Å². The Balaban J connectivity index is 2.13. The molecule has 0 aliphatic heterocycles. The van der Waals surface area contributed by atoms with Gasteiger partial charge in [0.1, 0.15) is 23.0 Å². The highest BCUT2D eigenvalue weighted by Crippen LogP contribution is 2.45. The van der Waals surface area contributed by atoms with E-state index in [1.807, 2.05) is 0 Å². The number of aromatic hydroxyl groups is 4. The van der Waals surface area contributed by atoms with Crippen LogP contribution in [-0.2, 0) is 9.84 Å². The molecule has 192 valence electrons. The summed E-state index contributed by atoms with van der Waals surface area (Å²) in [4.78, 5) is 0.0123. The number of hydrogen-bond donors (Lipinski definition) is 4. The Morgan fingerprint density at radius 3 is 1.19 bits per heavy atom. The van der Waals surface area contributed by atoms with Crippen LogP contribution >= 0.6 is 0 Å². The minimum Gasteiger partial charge on any atom is -0.508 e. The summed E-state index contributed by atoms with van der Waals surface area (Å²) < 4.78 is 29.0. The van der Waals surface area contributed by atoms with E-state index < -0.39 is 9.84 Å². The molecule has 37 heavy (non-hydrogen) atoms. The molecular weight excluding hydrogens is 488 g/mol. The van der Waals surface area contributed by atoms with Crippen LogP contribution in [0, 0.1) is 41.5 Å². The summed E-state index contributed by atoms with van der Waals surface area (Å²) in [6, 6.07) is 12.5. The van der Waals surface area contributed by atoms with Crippen molar-refractivity contribution in [1.82, 2.24) is 0 Å². The Hall–Kier alpha value is -3.97. The number of phenolic OH excluding ortho intramolecular Hbond substituents is 4. The van der Waals surface area contributed by atoms with Crippen LogP contribution in [-0.4, -0.2) is 28.8 Å². The molecule has 4 N–H and O–H groups in total. The average Bonchev–Trinajstić information content (AvgIpc) is 2.84. The highest BCUT2D eigenvalue weighted by atomic mass is 32.2. The van der Waals surface area contributed by atoms with Crippen molar-refractivity contribution in [2.45, 2.75) is 51.3 Å². The molecule has 0 saturated carbocycles. The number of rotatable bonds is 4. The van der Waals surface area contributed by atoms with Gasteiger partial charge in [-0.15, -0.1) is 0 Å². The molecule has 6 nitrogen and oxygen atoms in total. The molecular formula is C30H30O6S. The largest absolute Gasteiger partial charge is 0.508 e. The van der Waals surface area contributed by atoms with Gasteiger partial charge < -0.3 is 20.4 Å². The van der Waals surface area contributed by atoms with Crippen LogP contribution in [0.25, 0.3) is 22.3 Å². The molecule has 4 rings (SSSR count). The van der Waals surface area contributed by atoms with Crippen molar-refractivity contribution in [2.24, 2.45) is 0 Å². The first-order chi connectivity index (χ1) is 17.2. The molecule has 0 spiro atoms. The summed E-state index contributed by atoms with van der Waals surface area (Å²) in [6.07, 6.45) is 0. The fraction of sp³-hybridized carbons (Fsp3) is 0.200. The van der Waals surface area contributed by atoms with Crippen molar-refractivity contribution < 1.29 is 28.8 Å². The zero-order valence-electron chi connectivity index (χ0n) is 21.6. The van der Waals surface area contributed by atoms with Crippen molar-refractivity contribution in [1.29, 1.82) is 0 Å². The van der Waals surface area contributed by atoms with Gasteiger partial charge in [0.2, 0.25) is 9.84 Å². The molecule has 4 aromatic rings. The second-order valence-electron chi connectivity index (χ2n) is 9.59. The quantitative estimate of drug-likeness (QED) is 0.244. The van der Waals surface area contributed by atoms with E-state index in [-0.39, 0.29) is 32.8 Å². The van der Waals surface area contributed by atoms with Gasteiger partial charge in [-0.2, -0.15) is 0 Å². The molecule has 0 aliphatic carbocycles. The van der Waals surface area contributed by atoms with Crippen molar-refractivity contribution in [3.8, 4) is 45.3 Å². The zero-order chi connectivity index (χ0) is 27.4. The van der Waals surface area contributed by atoms with Crippen LogP contribution in [0.3, 0.4) is 0 Å². The van der Waals surface area contributed by atoms with Crippen LogP contribution < -0.4 is 0 Å². The Labute approximate surface area is 217 Å². The highest BCUT2D eigenvalue weighted by molar-refractivity contribution is 7.91. The molecule has 7 heteroatoms. The molecule has 0 fully saturated rings. The van der Waals surface area contributed by atoms with E-state index in [4.69, 9.17) is 0 Å². The van der Waals surface area contributed by atoms with Gasteiger partial charge in [-0.3, -0.25) is 0 Å². The number of sulfone groups is 1. The van der Waals surface area contributed by atoms with Gasteiger partial charge in [0.05, 0.1) is 9.79 Å². The lowest BCUT2D eigenvalue weighted by molar-refractivity contribution is 0.466. The Bertz CT molecular complexity index is 1560. The first kappa shape index (κ1) is 26.1. The average molecular weight is 519 g/mol. The predicted octanol–water partition coefficient (Wildman–Crippen LogP) is 6.53. The van der Waals surface area contributed by atoms with Crippen LogP contribution in [0.1, 0.15) is 33.4 Å². The summed E-state index contributed by atoms with van der Waals surface area (Å²) in [5, 5.41) is 41.6. The molecule has 0 aliphatic rings. The minimum absolute atomic E-state index is 0.00614. The van der Waals surface area contributed by atoms with Gasteiger partial charge in [-0.25, -0.2) is 8.42 Å². The Morgan fingerprint density at radius 2 is 0.865 bits per heavy atom. The first-order valence-corrected chi connectivity index (χ1v) is 13.2. The van der Waals surface area contributed by atoms with Gasteiger partial charge in [0.15, 0.2) is 0 Å². The maximum Gasteiger partial charge on any atom is 0.207 e. The maximum absolute atomic E-state index is 14.5. The summed E-state index contributed by atoms with van der Waals surface area (Å²) in [7, 11) is -4.21. The monoisotopic (exact) mass is 518 g/mol. The highest BCUT2D eigenvalue weighted by Gasteiger charge is 2.30. The summed E-state index contributed by atoms with van der Waals surface area (Å²) in [6.45, 7) is 10.0. The molecule has 0 radical (unpaired) electrons. The maximum atomic E-state index is 14.5. The lowest BCUT2D eigenvalue weighted by Crippen LogP contribution is -2.09. The van der Waals surface area contributed by atoms with Gasteiger partial charge in [-0.05, 0) is 111 Å². The number of benzene rings is 4. The Morgan fingerprint density at radius 1 is 0.514 bits per heavy atom. The van der Waals surface area contributed by atoms with Gasteiger partial charge in [0.25, 0.3) is 0 Å². The fourth-order valence-corrected chi connectivity index (χ4v) is 6.73. The van der Waals surface area contributed by atoms with Crippen LogP contribution in [0.5, 0.6) is 23.0 Å². The van der Waals surface area contributed by atoms with Gasteiger partial charge in [-0.1, -0.05) is 12.1 Å². The lowest BCUT2D eigenvalue weighted by atomic mass is 9.96. The van der Waals surface area contributed by atoms with Crippen LogP contribution in [0.15, 0.2) is 58.3 Å². The van der Waals surface area contributed by atoms with Crippen molar-refractivity contribution in [2.75, 3.05) is 0 Å². The van der Waals surface area contributed by atoms with E-state index in [0.29, 0.717) is 55.6 Å². The molecule has 0 amide bonds. The third kappa shape index (κ3) is 4.29. The second kappa shape index (κ2) is 9.16. The smallest absolute Gasteiger partial charge is 0.207 e.